The molecule has 0 atom stereocenters. The molecule has 0 unspecified atom stereocenters. The third kappa shape index (κ3) is 5.30. The summed E-state index contributed by atoms with van der Waals surface area (Å²) in [6.07, 6.45) is 0. The van der Waals surface area contributed by atoms with E-state index in [1.165, 1.54) is 11.1 Å². The van der Waals surface area contributed by atoms with Crippen LogP contribution in [0.2, 0.25) is 5.02 Å². The minimum absolute atomic E-state index is 0.564. The Labute approximate surface area is 156 Å². The first-order chi connectivity index (χ1) is 11.7. The van der Waals surface area contributed by atoms with Gasteiger partial charge >= 0.3 is 0 Å². The molecule has 1 aliphatic rings. The fraction of sp³-hybridized carbons (Fsp3) is 0.368. The summed E-state index contributed by atoms with van der Waals surface area (Å²) in [5, 5.41) is 7.55. The highest BCUT2D eigenvalue weighted by atomic mass is 79.9. The van der Waals surface area contributed by atoms with Crippen LogP contribution >= 0.6 is 27.5 Å². The lowest BCUT2D eigenvalue weighted by molar-refractivity contribution is 0.106. The normalized spacial score (nSPS) is 14.6. The van der Waals surface area contributed by atoms with E-state index in [4.69, 9.17) is 16.3 Å². The Kier molecular flexibility index (Phi) is 6.69. The van der Waals surface area contributed by atoms with E-state index in [-0.39, 0.29) is 0 Å². The van der Waals surface area contributed by atoms with Crippen molar-refractivity contribution in [3.63, 3.8) is 0 Å². The van der Waals surface area contributed by atoms with Gasteiger partial charge in [-0.15, -0.1) is 0 Å². The predicted molar refractivity (Wildman–Crippen MR) is 102 cm³/mol. The van der Waals surface area contributed by atoms with E-state index in [2.05, 4.69) is 50.8 Å². The molecule has 2 aromatic rings. The number of halogens is 2. The first-order valence-electron chi connectivity index (χ1n) is 8.21. The minimum Gasteiger partial charge on any atom is -0.372 e. The maximum absolute atomic E-state index is 5.96. The van der Waals surface area contributed by atoms with Gasteiger partial charge in [0.2, 0.25) is 0 Å². The Hall–Kier alpha value is -0.910. The average Bonchev–Trinajstić information content (AvgIpc) is 2.52. The molecule has 0 aliphatic carbocycles. The molecule has 1 aliphatic heterocycles. The number of hydrogen-bond donors (Lipinski definition) is 2. The summed E-state index contributed by atoms with van der Waals surface area (Å²) >= 11 is 9.48. The van der Waals surface area contributed by atoms with Gasteiger partial charge in [-0.3, -0.25) is 0 Å². The molecule has 0 saturated carbocycles. The molecule has 2 aromatic carbocycles. The van der Waals surface area contributed by atoms with Crippen molar-refractivity contribution in [1.29, 1.82) is 0 Å². The molecule has 3 nitrogen and oxygen atoms in total. The number of nitrogens with one attached hydrogen (secondary N) is 2. The van der Waals surface area contributed by atoms with Crippen molar-refractivity contribution in [3.05, 3.63) is 68.7 Å². The third-order valence-corrected chi connectivity index (χ3v) is 5.13. The molecule has 0 aromatic heterocycles. The van der Waals surface area contributed by atoms with Gasteiger partial charge in [-0.2, -0.15) is 0 Å². The van der Waals surface area contributed by atoms with Crippen LogP contribution in [0.4, 0.5) is 0 Å². The van der Waals surface area contributed by atoms with Gasteiger partial charge < -0.3 is 15.4 Å². The zero-order valence-electron chi connectivity index (χ0n) is 13.5. The summed E-state index contributed by atoms with van der Waals surface area (Å²) in [6.45, 7) is 5.44. The van der Waals surface area contributed by atoms with Gasteiger partial charge in [-0.05, 0) is 34.7 Å². The molecular weight excluding hydrogens is 388 g/mol. The third-order valence-electron chi connectivity index (χ3n) is 4.16. The van der Waals surface area contributed by atoms with E-state index in [1.54, 1.807) is 0 Å². The number of rotatable bonds is 8. The van der Waals surface area contributed by atoms with Crippen molar-refractivity contribution in [2.24, 2.45) is 5.92 Å². The van der Waals surface area contributed by atoms with Crippen LogP contribution < -0.4 is 10.6 Å². The highest BCUT2D eigenvalue weighted by molar-refractivity contribution is 9.10. The Morgan fingerprint density at radius 2 is 1.96 bits per heavy atom. The van der Waals surface area contributed by atoms with Crippen molar-refractivity contribution in [1.82, 2.24) is 10.6 Å². The zero-order valence-corrected chi connectivity index (χ0v) is 15.9. The van der Waals surface area contributed by atoms with Crippen LogP contribution in [0.3, 0.4) is 0 Å². The quantitative estimate of drug-likeness (QED) is 0.688. The Balaban J connectivity index is 1.45. The molecule has 0 bridgehead atoms. The van der Waals surface area contributed by atoms with Gasteiger partial charge in [0.25, 0.3) is 0 Å². The van der Waals surface area contributed by atoms with Gasteiger partial charge in [0, 0.05) is 35.7 Å². The SMILES string of the molecule is Clc1ccc(COCc2cccc(CNCC3CNC3)c2)c(Br)c1. The minimum atomic E-state index is 0.564. The zero-order chi connectivity index (χ0) is 16.8. The van der Waals surface area contributed by atoms with Crippen LogP contribution in [0.5, 0.6) is 0 Å². The summed E-state index contributed by atoms with van der Waals surface area (Å²) < 4.78 is 6.83. The second-order valence-electron chi connectivity index (χ2n) is 6.20. The summed E-state index contributed by atoms with van der Waals surface area (Å²) in [4.78, 5) is 0. The van der Waals surface area contributed by atoms with Gasteiger partial charge in [0.1, 0.15) is 0 Å². The Bertz CT molecular complexity index is 676. The summed E-state index contributed by atoms with van der Waals surface area (Å²) in [6, 6.07) is 14.3. The molecule has 5 heteroatoms. The smallest absolute Gasteiger partial charge is 0.0732 e. The molecule has 128 valence electrons. The van der Waals surface area contributed by atoms with Gasteiger partial charge in [-0.25, -0.2) is 0 Å². The second-order valence-corrected chi connectivity index (χ2v) is 7.49. The molecule has 0 amide bonds. The number of benzene rings is 2. The average molecular weight is 410 g/mol. The van der Waals surface area contributed by atoms with E-state index in [1.807, 2.05) is 18.2 Å². The number of ether oxygens (including phenoxy) is 1. The monoisotopic (exact) mass is 408 g/mol. The second kappa shape index (κ2) is 8.97. The largest absolute Gasteiger partial charge is 0.372 e. The van der Waals surface area contributed by atoms with E-state index in [0.29, 0.717) is 13.2 Å². The van der Waals surface area contributed by atoms with Crippen molar-refractivity contribution in [2.75, 3.05) is 19.6 Å². The van der Waals surface area contributed by atoms with Crippen LogP contribution in [-0.4, -0.2) is 19.6 Å². The topological polar surface area (TPSA) is 33.3 Å². The van der Waals surface area contributed by atoms with Crippen molar-refractivity contribution in [2.45, 2.75) is 19.8 Å². The molecule has 3 rings (SSSR count). The Morgan fingerprint density at radius 3 is 2.71 bits per heavy atom. The fourth-order valence-corrected chi connectivity index (χ4v) is 3.46. The first kappa shape index (κ1) is 17.9. The molecule has 2 N–H and O–H groups in total. The Morgan fingerprint density at radius 1 is 1.12 bits per heavy atom. The van der Waals surface area contributed by atoms with E-state index in [0.717, 1.165) is 47.2 Å². The molecule has 1 heterocycles. The fourth-order valence-electron chi connectivity index (χ4n) is 2.66. The van der Waals surface area contributed by atoms with Crippen LogP contribution in [0.25, 0.3) is 0 Å². The van der Waals surface area contributed by atoms with Crippen molar-refractivity contribution < 1.29 is 4.74 Å². The molecule has 1 saturated heterocycles. The molecular formula is C19H22BrClN2O. The van der Waals surface area contributed by atoms with E-state index in [9.17, 15) is 0 Å². The highest BCUT2D eigenvalue weighted by Crippen LogP contribution is 2.22. The van der Waals surface area contributed by atoms with Gasteiger partial charge in [0.05, 0.1) is 13.2 Å². The van der Waals surface area contributed by atoms with E-state index >= 15 is 0 Å². The highest BCUT2D eigenvalue weighted by Gasteiger charge is 2.15. The van der Waals surface area contributed by atoms with Gasteiger partial charge in [0.15, 0.2) is 0 Å². The van der Waals surface area contributed by atoms with Crippen LogP contribution in [0.15, 0.2) is 46.9 Å². The molecule has 24 heavy (non-hydrogen) atoms. The van der Waals surface area contributed by atoms with E-state index < -0.39 is 0 Å². The van der Waals surface area contributed by atoms with Crippen LogP contribution in [-0.2, 0) is 24.5 Å². The predicted octanol–water partition coefficient (Wildman–Crippen LogP) is 4.13. The molecule has 0 radical (unpaired) electrons. The lowest BCUT2D eigenvalue weighted by Gasteiger charge is -2.27. The lowest BCUT2D eigenvalue weighted by atomic mass is 10.0. The number of hydrogen-bond acceptors (Lipinski definition) is 3. The van der Waals surface area contributed by atoms with Crippen LogP contribution in [0.1, 0.15) is 16.7 Å². The van der Waals surface area contributed by atoms with Crippen molar-refractivity contribution in [3.8, 4) is 0 Å². The maximum Gasteiger partial charge on any atom is 0.0732 e. The van der Waals surface area contributed by atoms with Crippen molar-refractivity contribution >= 4 is 27.5 Å². The first-order valence-corrected chi connectivity index (χ1v) is 9.39. The lowest BCUT2D eigenvalue weighted by Crippen LogP contribution is -2.47. The summed E-state index contributed by atoms with van der Waals surface area (Å²) in [5.41, 5.74) is 3.60. The maximum atomic E-state index is 5.96. The van der Waals surface area contributed by atoms with Gasteiger partial charge in [-0.1, -0.05) is 57.9 Å². The molecule has 1 fully saturated rings. The summed E-state index contributed by atoms with van der Waals surface area (Å²) in [7, 11) is 0. The van der Waals surface area contributed by atoms with Crippen LogP contribution in [0, 0.1) is 5.92 Å². The standard InChI is InChI=1S/C19H22BrClN2O/c20-19-7-18(21)5-4-17(19)13-24-12-15-3-1-2-14(6-15)8-22-9-16-10-23-11-16/h1-7,16,22-23H,8-13H2. The summed E-state index contributed by atoms with van der Waals surface area (Å²) in [5.74, 6) is 0.786. The molecule has 0 spiro atoms.